The van der Waals surface area contributed by atoms with E-state index in [1.807, 2.05) is 0 Å². The van der Waals surface area contributed by atoms with Gasteiger partial charge in [0.2, 0.25) is 17.6 Å². The number of hydrogen-bond donors (Lipinski definition) is 4. The summed E-state index contributed by atoms with van der Waals surface area (Å²) in [6.07, 6.45) is 12.1. The molecule has 0 spiro atoms. The number of fused-ring (bicyclic) bond motifs is 3. The van der Waals surface area contributed by atoms with Crippen LogP contribution in [0.1, 0.15) is 144 Å². The third-order valence-electron chi connectivity index (χ3n) is 12.8. The van der Waals surface area contributed by atoms with Crippen molar-refractivity contribution in [2.75, 3.05) is 6.54 Å². The minimum atomic E-state index is -3.62. The van der Waals surface area contributed by atoms with E-state index in [0.717, 1.165) is 64.2 Å². The fourth-order valence-electron chi connectivity index (χ4n) is 9.08. The van der Waals surface area contributed by atoms with E-state index in [2.05, 4.69) is 35.1 Å². The monoisotopic (exact) mass is 733 g/mol. The minimum Gasteiger partial charge on any atom is -0.347 e. The van der Waals surface area contributed by atoms with Crippen molar-refractivity contribution in [2.24, 2.45) is 17.3 Å². The van der Waals surface area contributed by atoms with Crippen LogP contribution in [0.4, 0.5) is 4.79 Å². The Labute approximate surface area is 305 Å². The number of sulfone groups is 1. The number of rotatable bonds is 7. The molecule has 5 amide bonds. The van der Waals surface area contributed by atoms with Crippen molar-refractivity contribution in [3.63, 3.8) is 0 Å². The van der Waals surface area contributed by atoms with E-state index in [1.165, 1.54) is 0 Å². The third kappa shape index (κ3) is 8.59. The predicted octanol–water partition coefficient (Wildman–Crippen LogP) is 4.30. The molecule has 5 rings (SSSR count). The number of carbonyl (C=O) groups excluding carboxylic acids is 5. The molecule has 0 aromatic rings. The van der Waals surface area contributed by atoms with Gasteiger partial charge in [-0.1, -0.05) is 78.1 Å². The highest BCUT2D eigenvalue weighted by atomic mass is 32.2. The molecule has 13 heteroatoms. The summed E-state index contributed by atoms with van der Waals surface area (Å²) in [6, 6.07) is -3.27. The molecule has 2 saturated heterocycles. The summed E-state index contributed by atoms with van der Waals surface area (Å²) in [5.74, 6) is -2.11. The first-order valence-corrected chi connectivity index (χ1v) is 21.2. The quantitative estimate of drug-likeness (QED) is 0.283. The van der Waals surface area contributed by atoms with Gasteiger partial charge in [-0.2, -0.15) is 0 Å². The van der Waals surface area contributed by atoms with E-state index in [0.29, 0.717) is 45.1 Å². The van der Waals surface area contributed by atoms with Gasteiger partial charge in [-0.05, 0) is 83.5 Å². The van der Waals surface area contributed by atoms with Crippen molar-refractivity contribution in [2.45, 2.75) is 184 Å². The lowest BCUT2D eigenvalue weighted by Gasteiger charge is -2.44. The molecule has 2 aliphatic heterocycles. The van der Waals surface area contributed by atoms with Gasteiger partial charge < -0.3 is 26.2 Å². The molecular formula is C38H63N5O7S. The number of piperidine rings is 1. The van der Waals surface area contributed by atoms with Crippen LogP contribution in [-0.4, -0.2) is 89.1 Å². The van der Waals surface area contributed by atoms with Crippen LogP contribution in [0.15, 0.2) is 0 Å². The Bertz CT molecular complexity index is 1450. The maximum atomic E-state index is 14.5. The van der Waals surface area contributed by atoms with Gasteiger partial charge in [0.15, 0.2) is 9.84 Å². The first kappa shape index (κ1) is 39.5. The van der Waals surface area contributed by atoms with Crippen molar-refractivity contribution in [3.05, 3.63) is 0 Å². The highest BCUT2D eigenvalue weighted by molar-refractivity contribution is 7.93. The summed E-state index contributed by atoms with van der Waals surface area (Å²) in [5.41, 5.74) is -1.14. The Morgan fingerprint density at radius 3 is 2.00 bits per heavy atom. The molecule has 0 bridgehead atoms. The molecule has 3 aliphatic carbocycles. The van der Waals surface area contributed by atoms with Gasteiger partial charge in [-0.3, -0.25) is 19.2 Å². The van der Waals surface area contributed by atoms with Gasteiger partial charge in [-0.25, -0.2) is 13.2 Å². The van der Waals surface area contributed by atoms with E-state index >= 15 is 0 Å². The Balaban J connectivity index is 1.38. The standard InChI is InChI=1S/C38H63N5O7S/c1-24(51(49,50)36(2,3)4)38(21-15-12-16-22-38)42-35(48)41-28-18-14-11-9-7-8-10-13-17-27(31(44)33(46)39-25-19-20-25)40-32(45)30-29-26(37(29,5)6)23-43(30)34(28)47/h24-30H,7-23H2,1-6H3,(H,39,46)(H,40,45)(H2,41,42,48)/t24-,26+,27+,28+,29+,30+/m1/s1. The van der Waals surface area contributed by atoms with Crippen LogP contribution in [0.3, 0.4) is 0 Å². The van der Waals surface area contributed by atoms with Gasteiger partial charge in [-0.15, -0.1) is 0 Å². The second-order valence-corrected chi connectivity index (χ2v) is 20.8. The van der Waals surface area contributed by atoms with E-state index in [1.54, 1.807) is 32.6 Å². The summed E-state index contributed by atoms with van der Waals surface area (Å²) in [5, 5.41) is 10.9. The zero-order chi connectivity index (χ0) is 37.4. The van der Waals surface area contributed by atoms with Crippen LogP contribution >= 0.6 is 0 Å². The number of nitrogens with one attached hydrogen (secondary N) is 4. The molecule has 51 heavy (non-hydrogen) atoms. The molecule has 4 N–H and O–H groups in total. The SMILES string of the molecule is C[C@H](C1(NC(=O)N[C@H]2CCCCCCCCC[C@@H](C(=O)C(=O)NC3CC3)NC(=O)[C@@H]3[C@@H]4[C@H](CN3C2=O)C4(C)C)CCCCC1)S(=O)(=O)C(C)(C)C. The number of urea groups is 1. The highest BCUT2D eigenvalue weighted by Gasteiger charge is 2.69. The number of hydrogen-bond acceptors (Lipinski definition) is 7. The smallest absolute Gasteiger partial charge is 0.315 e. The molecule has 5 fully saturated rings. The van der Waals surface area contributed by atoms with Crippen molar-refractivity contribution < 1.29 is 32.4 Å². The Hall–Kier alpha value is -2.70. The van der Waals surface area contributed by atoms with Crippen molar-refractivity contribution in [3.8, 4) is 0 Å². The van der Waals surface area contributed by atoms with E-state index in [4.69, 9.17) is 0 Å². The molecule has 5 aliphatic rings. The van der Waals surface area contributed by atoms with Crippen LogP contribution in [0.5, 0.6) is 0 Å². The fraction of sp³-hybridized carbons (Fsp3) is 0.868. The number of carbonyl (C=O) groups is 5. The van der Waals surface area contributed by atoms with E-state index in [9.17, 15) is 32.4 Å². The summed E-state index contributed by atoms with van der Waals surface area (Å²) in [6.45, 7) is 11.3. The summed E-state index contributed by atoms with van der Waals surface area (Å²) < 4.78 is 26.3. The van der Waals surface area contributed by atoms with Crippen molar-refractivity contribution in [1.29, 1.82) is 0 Å². The normalized spacial score (nSPS) is 30.9. The van der Waals surface area contributed by atoms with Gasteiger partial charge in [0, 0.05) is 12.6 Å². The fourth-order valence-corrected chi connectivity index (χ4v) is 11.0. The van der Waals surface area contributed by atoms with Crippen molar-refractivity contribution in [1.82, 2.24) is 26.2 Å². The molecule has 0 radical (unpaired) electrons. The maximum absolute atomic E-state index is 14.5. The lowest BCUT2D eigenvalue weighted by Crippen LogP contribution is -2.64. The Morgan fingerprint density at radius 1 is 0.843 bits per heavy atom. The molecular weight excluding hydrogens is 671 g/mol. The molecule has 0 aromatic heterocycles. The lowest BCUT2D eigenvalue weighted by atomic mass is 9.79. The topological polar surface area (TPSA) is 171 Å². The molecule has 0 aromatic carbocycles. The highest BCUT2D eigenvalue weighted by Crippen LogP contribution is 2.65. The molecule has 288 valence electrons. The van der Waals surface area contributed by atoms with Crippen molar-refractivity contribution >= 4 is 39.4 Å². The first-order chi connectivity index (χ1) is 23.9. The number of Topliss-reactive ketones (excluding diaryl/α,β-unsaturated/α-hetero) is 1. The summed E-state index contributed by atoms with van der Waals surface area (Å²) >= 11 is 0. The zero-order valence-electron chi connectivity index (χ0n) is 31.8. The molecule has 3 saturated carbocycles. The summed E-state index contributed by atoms with van der Waals surface area (Å²) in [4.78, 5) is 70.3. The average molecular weight is 734 g/mol. The van der Waals surface area contributed by atoms with Gasteiger partial charge in [0.25, 0.3) is 5.91 Å². The van der Waals surface area contributed by atoms with Crippen LogP contribution in [0.2, 0.25) is 0 Å². The zero-order valence-corrected chi connectivity index (χ0v) is 32.6. The molecule has 6 atom stereocenters. The first-order valence-electron chi connectivity index (χ1n) is 19.7. The van der Waals surface area contributed by atoms with Gasteiger partial charge >= 0.3 is 6.03 Å². The average Bonchev–Trinajstić information content (AvgIpc) is 3.92. The van der Waals surface area contributed by atoms with E-state index in [-0.39, 0.29) is 29.2 Å². The van der Waals surface area contributed by atoms with E-state index < -0.39 is 67.1 Å². The number of ketones is 1. The Morgan fingerprint density at radius 2 is 1.41 bits per heavy atom. The molecule has 2 heterocycles. The van der Waals surface area contributed by atoms with Gasteiger partial charge in [0.05, 0.1) is 21.6 Å². The maximum Gasteiger partial charge on any atom is 0.315 e. The van der Waals surface area contributed by atoms with Crippen LogP contribution in [-0.2, 0) is 29.0 Å². The Kier molecular flexibility index (Phi) is 11.9. The third-order valence-corrected chi connectivity index (χ3v) is 15.9. The predicted molar refractivity (Wildman–Crippen MR) is 195 cm³/mol. The van der Waals surface area contributed by atoms with Crippen LogP contribution in [0.25, 0.3) is 0 Å². The second kappa shape index (κ2) is 15.3. The second-order valence-electron chi connectivity index (χ2n) is 17.8. The molecule has 0 unspecified atom stereocenters. The number of amides is 5. The lowest BCUT2D eigenvalue weighted by molar-refractivity contribution is -0.144. The van der Waals surface area contributed by atoms with Gasteiger partial charge in [0.1, 0.15) is 12.1 Å². The molecule has 12 nitrogen and oxygen atoms in total. The van der Waals surface area contributed by atoms with Crippen LogP contribution < -0.4 is 21.3 Å². The minimum absolute atomic E-state index is 0.0139. The number of nitrogens with zero attached hydrogens (tertiary/aromatic N) is 1. The largest absolute Gasteiger partial charge is 0.347 e. The van der Waals surface area contributed by atoms with Crippen LogP contribution in [0, 0.1) is 17.3 Å². The summed E-state index contributed by atoms with van der Waals surface area (Å²) in [7, 11) is -3.62.